The van der Waals surface area contributed by atoms with Gasteiger partial charge in [0.25, 0.3) is 0 Å². The first-order valence-corrected chi connectivity index (χ1v) is 17.6. The van der Waals surface area contributed by atoms with E-state index in [1.54, 1.807) is 11.1 Å². The average molecular weight is 695 g/mol. The summed E-state index contributed by atoms with van der Waals surface area (Å²) in [6.45, 7) is 9.55. The highest BCUT2D eigenvalue weighted by Crippen LogP contribution is 2.42. The molecular formula is C38H46N8O5. The Morgan fingerprint density at radius 2 is 1.88 bits per heavy atom. The molecule has 3 amide bonds. The number of nitrogen functional groups attached to an aromatic ring is 1. The molecule has 0 saturated heterocycles. The molecular weight excluding hydrogens is 648 g/mol. The fourth-order valence-electron chi connectivity index (χ4n) is 6.60. The molecule has 4 N–H and O–H groups in total. The Morgan fingerprint density at radius 3 is 2.63 bits per heavy atom. The lowest BCUT2D eigenvalue weighted by molar-refractivity contribution is -0.133. The van der Waals surface area contributed by atoms with Gasteiger partial charge in [0, 0.05) is 35.5 Å². The number of amides is 3. The first kappa shape index (κ1) is 35.2. The number of rotatable bonds is 13. The van der Waals surface area contributed by atoms with Crippen LogP contribution in [0.5, 0.6) is 5.75 Å². The Balaban J connectivity index is 1.25. The number of carbonyl (C=O) groups excluding carboxylic acids is 3. The third-order valence-electron chi connectivity index (χ3n) is 9.54. The van der Waals surface area contributed by atoms with Crippen molar-refractivity contribution in [3.63, 3.8) is 0 Å². The number of benzene rings is 3. The summed E-state index contributed by atoms with van der Waals surface area (Å²) in [4.78, 5) is 53.8. The summed E-state index contributed by atoms with van der Waals surface area (Å²) in [6, 6.07) is 14.4. The summed E-state index contributed by atoms with van der Waals surface area (Å²) in [5.74, 6) is 8.52. The number of methoxy groups -OCH3 is 1. The van der Waals surface area contributed by atoms with Crippen LogP contribution in [0.2, 0.25) is 0 Å². The standard InChI is InChI=1S/C38H46N8O5/c1-6-9-35(47)44(14-7-2)20-33-42-30-13-11-24-16-29-27-12-10-25(15-26(27)22-51-32(29)17-28(24)37(30)43-33)31-18-40-34(46(31)39)21-45(23(4)8-3)36(48)19-41-38(49)50-5/h10-13,15-18,23H,6-9,14,19-22,39H2,1-5H3,(H,41,49)(H,42,43)/t23-/m0/s1. The van der Waals surface area contributed by atoms with Gasteiger partial charge in [0.05, 0.1) is 43.1 Å². The maximum atomic E-state index is 13.0. The SMILES string of the molecule is CCCC(=O)N(CCC)Cc1nc2c(ccc3cc4c(cc32)OCc2cc(-c3cnc(CN(C(=O)CNC(=O)OC)[C@@H](C)CC)n3N)ccc2-4)[nH]1. The van der Waals surface area contributed by atoms with Crippen molar-refractivity contribution >= 4 is 39.7 Å². The summed E-state index contributed by atoms with van der Waals surface area (Å²) in [7, 11) is 1.25. The molecule has 0 fully saturated rings. The summed E-state index contributed by atoms with van der Waals surface area (Å²) in [5, 5.41) is 4.48. The quantitative estimate of drug-likeness (QED) is 0.129. The predicted octanol–water partition coefficient (Wildman–Crippen LogP) is 5.87. The summed E-state index contributed by atoms with van der Waals surface area (Å²) < 4.78 is 12.4. The molecule has 6 rings (SSSR count). The number of nitrogens with two attached hydrogens (primary N) is 1. The molecule has 1 aliphatic rings. The van der Waals surface area contributed by atoms with Crippen LogP contribution in [0.15, 0.2) is 48.7 Å². The smallest absolute Gasteiger partial charge is 0.407 e. The molecule has 3 aromatic carbocycles. The Labute approximate surface area is 297 Å². The largest absolute Gasteiger partial charge is 0.488 e. The number of nitrogens with zero attached hydrogens (tertiary/aromatic N) is 5. The first-order chi connectivity index (χ1) is 24.6. The second kappa shape index (κ2) is 15.1. The van der Waals surface area contributed by atoms with Gasteiger partial charge in [-0.05, 0) is 67.0 Å². The first-order valence-electron chi connectivity index (χ1n) is 17.6. The van der Waals surface area contributed by atoms with Gasteiger partial charge in [-0.2, -0.15) is 0 Å². The van der Waals surface area contributed by atoms with Gasteiger partial charge in [0.1, 0.15) is 30.5 Å². The molecule has 13 nitrogen and oxygen atoms in total. The van der Waals surface area contributed by atoms with E-state index in [1.807, 2.05) is 37.8 Å². The van der Waals surface area contributed by atoms with Gasteiger partial charge < -0.3 is 35.4 Å². The van der Waals surface area contributed by atoms with Crippen molar-refractivity contribution in [3.05, 3.63) is 65.9 Å². The molecule has 1 atom stereocenters. The summed E-state index contributed by atoms with van der Waals surface area (Å²) in [5.41, 5.74) is 6.44. The van der Waals surface area contributed by atoms with E-state index in [1.165, 1.54) is 11.8 Å². The molecule has 51 heavy (non-hydrogen) atoms. The molecule has 3 heterocycles. The van der Waals surface area contributed by atoms with Gasteiger partial charge in [-0.3, -0.25) is 9.59 Å². The molecule has 13 heteroatoms. The molecule has 0 aliphatic carbocycles. The number of H-pyrrole nitrogens is 1. The van der Waals surface area contributed by atoms with Crippen molar-refractivity contribution in [2.75, 3.05) is 26.0 Å². The van der Waals surface area contributed by atoms with Gasteiger partial charge in [-0.25, -0.2) is 19.4 Å². The molecule has 1 aliphatic heterocycles. The van der Waals surface area contributed by atoms with E-state index in [0.29, 0.717) is 37.6 Å². The maximum absolute atomic E-state index is 13.0. The fourth-order valence-corrected chi connectivity index (χ4v) is 6.60. The number of hydrogen-bond donors (Lipinski definition) is 3. The third-order valence-corrected chi connectivity index (χ3v) is 9.54. The normalized spacial score (nSPS) is 12.6. The van der Waals surface area contributed by atoms with E-state index in [-0.39, 0.29) is 30.9 Å². The van der Waals surface area contributed by atoms with Crippen molar-refractivity contribution in [2.45, 2.75) is 79.1 Å². The lowest BCUT2D eigenvalue weighted by Crippen LogP contribution is -2.44. The summed E-state index contributed by atoms with van der Waals surface area (Å²) in [6.07, 6.45) is 4.00. The number of ether oxygens (including phenoxy) is 2. The van der Waals surface area contributed by atoms with Crippen LogP contribution in [0.3, 0.4) is 0 Å². The number of imidazole rings is 2. The molecule has 0 unspecified atom stereocenters. The highest BCUT2D eigenvalue weighted by molar-refractivity contribution is 6.07. The third kappa shape index (κ3) is 7.19. The fraction of sp³-hybridized carbons (Fsp3) is 0.395. The van der Waals surface area contributed by atoms with Crippen LogP contribution in [-0.4, -0.2) is 73.6 Å². The number of aromatic nitrogens is 4. The lowest BCUT2D eigenvalue weighted by atomic mass is 9.92. The number of fused-ring (bicyclic) bond motifs is 6. The Kier molecular flexibility index (Phi) is 10.4. The number of carbonyl (C=O) groups is 3. The van der Waals surface area contributed by atoms with Crippen molar-refractivity contribution in [1.82, 2.24) is 34.7 Å². The van der Waals surface area contributed by atoms with Crippen molar-refractivity contribution < 1.29 is 23.9 Å². The number of alkyl carbamates (subject to hydrolysis) is 1. The minimum absolute atomic E-state index is 0.0994. The number of nitrogens with one attached hydrogen (secondary N) is 2. The molecule has 0 spiro atoms. The zero-order valence-electron chi connectivity index (χ0n) is 29.9. The van der Waals surface area contributed by atoms with Crippen LogP contribution in [0.1, 0.15) is 70.6 Å². The highest BCUT2D eigenvalue weighted by atomic mass is 16.5. The molecule has 2 aromatic heterocycles. The number of hydrogen-bond acceptors (Lipinski definition) is 8. The van der Waals surface area contributed by atoms with Crippen LogP contribution in [-0.2, 0) is 34.0 Å². The zero-order chi connectivity index (χ0) is 36.2. The van der Waals surface area contributed by atoms with Crippen molar-refractivity contribution in [3.8, 4) is 28.1 Å². The molecule has 0 saturated carbocycles. The highest BCUT2D eigenvalue weighted by Gasteiger charge is 2.25. The second-order valence-electron chi connectivity index (χ2n) is 13.0. The summed E-state index contributed by atoms with van der Waals surface area (Å²) >= 11 is 0. The van der Waals surface area contributed by atoms with Crippen LogP contribution in [0, 0.1) is 0 Å². The van der Waals surface area contributed by atoms with E-state index in [9.17, 15) is 14.4 Å². The Hall–Kier alpha value is -5.59. The van der Waals surface area contributed by atoms with Crippen LogP contribution in [0.25, 0.3) is 44.2 Å². The topological polar surface area (TPSA) is 161 Å². The zero-order valence-corrected chi connectivity index (χ0v) is 29.9. The van der Waals surface area contributed by atoms with Gasteiger partial charge >= 0.3 is 6.09 Å². The Bertz CT molecular complexity index is 2090. The van der Waals surface area contributed by atoms with Gasteiger partial charge in [0.15, 0.2) is 0 Å². The van der Waals surface area contributed by atoms with Crippen molar-refractivity contribution in [2.24, 2.45) is 0 Å². The van der Waals surface area contributed by atoms with Gasteiger partial charge in [0.2, 0.25) is 11.8 Å². The molecule has 268 valence electrons. The Morgan fingerprint density at radius 1 is 1.06 bits per heavy atom. The van der Waals surface area contributed by atoms with E-state index < -0.39 is 6.09 Å². The van der Waals surface area contributed by atoms with E-state index in [0.717, 1.165) is 74.9 Å². The van der Waals surface area contributed by atoms with E-state index >= 15 is 0 Å². The maximum Gasteiger partial charge on any atom is 0.407 e. The van der Waals surface area contributed by atoms with E-state index in [2.05, 4.69) is 57.3 Å². The molecule has 5 aromatic rings. The minimum atomic E-state index is -0.669. The molecule has 0 radical (unpaired) electrons. The minimum Gasteiger partial charge on any atom is -0.488 e. The van der Waals surface area contributed by atoms with Crippen LogP contribution >= 0.6 is 0 Å². The number of aromatic amines is 1. The predicted molar refractivity (Wildman–Crippen MR) is 196 cm³/mol. The van der Waals surface area contributed by atoms with Gasteiger partial charge in [-0.15, -0.1) is 0 Å². The van der Waals surface area contributed by atoms with Crippen LogP contribution < -0.4 is 15.9 Å². The van der Waals surface area contributed by atoms with Gasteiger partial charge in [-0.1, -0.05) is 39.0 Å². The van der Waals surface area contributed by atoms with E-state index in [4.69, 9.17) is 15.6 Å². The molecule has 0 bridgehead atoms. The van der Waals surface area contributed by atoms with Crippen LogP contribution in [0.4, 0.5) is 4.79 Å². The second-order valence-corrected chi connectivity index (χ2v) is 13.0. The lowest BCUT2D eigenvalue weighted by Gasteiger charge is -2.28. The van der Waals surface area contributed by atoms with Crippen molar-refractivity contribution in [1.29, 1.82) is 0 Å². The average Bonchev–Trinajstić information content (AvgIpc) is 3.73. The monoisotopic (exact) mass is 694 g/mol.